The SMILES string of the molecule is Cc1ccc(S(=O)(=O)N(CC(=O)N(Cc2ccccc2Cl)C(Cc2ccccc2)C(=O)NC2CCCC2)c2cccc(Cl)c2Cl)cc1. The number of nitrogens with one attached hydrogen (secondary N) is 1. The second-order valence-electron chi connectivity index (χ2n) is 11.7. The highest BCUT2D eigenvalue weighted by Gasteiger charge is 2.36. The molecule has 4 aromatic rings. The minimum atomic E-state index is -4.33. The number of anilines is 1. The quantitative estimate of drug-likeness (QED) is 0.162. The Morgan fingerprint density at radius 2 is 1.47 bits per heavy atom. The molecule has 1 aliphatic carbocycles. The lowest BCUT2D eigenvalue weighted by molar-refractivity contribution is -0.140. The van der Waals surface area contributed by atoms with Crippen molar-refractivity contribution >= 4 is 62.3 Å². The lowest BCUT2D eigenvalue weighted by atomic mass is 10.0. The Labute approximate surface area is 291 Å². The van der Waals surface area contributed by atoms with Crippen molar-refractivity contribution in [1.82, 2.24) is 10.2 Å². The molecule has 0 bridgehead atoms. The number of aryl methyl sites for hydroxylation is 1. The van der Waals surface area contributed by atoms with Crippen molar-refractivity contribution < 1.29 is 18.0 Å². The number of hydrogen-bond acceptors (Lipinski definition) is 4. The Morgan fingerprint density at radius 1 is 0.830 bits per heavy atom. The van der Waals surface area contributed by atoms with E-state index in [0.29, 0.717) is 10.6 Å². The van der Waals surface area contributed by atoms with Crippen molar-refractivity contribution in [3.05, 3.63) is 129 Å². The van der Waals surface area contributed by atoms with Gasteiger partial charge in [-0.2, -0.15) is 0 Å². The van der Waals surface area contributed by atoms with Crippen LogP contribution in [-0.4, -0.2) is 43.8 Å². The predicted molar refractivity (Wildman–Crippen MR) is 189 cm³/mol. The Kier molecular flexibility index (Phi) is 11.5. The number of carbonyl (C=O) groups is 2. The molecule has 0 spiro atoms. The summed E-state index contributed by atoms with van der Waals surface area (Å²) < 4.78 is 29.5. The molecule has 0 radical (unpaired) electrons. The van der Waals surface area contributed by atoms with Gasteiger partial charge < -0.3 is 10.2 Å². The first kappa shape index (κ1) is 34.8. The van der Waals surface area contributed by atoms with Gasteiger partial charge in [-0.25, -0.2) is 8.42 Å². The van der Waals surface area contributed by atoms with E-state index in [4.69, 9.17) is 34.8 Å². The van der Waals surface area contributed by atoms with Gasteiger partial charge in [-0.05, 0) is 61.2 Å². The number of hydrogen-bond donors (Lipinski definition) is 1. The molecule has 11 heteroatoms. The number of carbonyl (C=O) groups excluding carboxylic acids is 2. The molecule has 0 heterocycles. The van der Waals surface area contributed by atoms with Crippen LogP contribution in [0.15, 0.2) is 102 Å². The van der Waals surface area contributed by atoms with Gasteiger partial charge in [-0.3, -0.25) is 13.9 Å². The fraction of sp³-hybridized carbons (Fsp3) is 0.278. The minimum Gasteiger partial charge on any atom is -0.352 e. The average molecular weight is 713 g/mol. The molecule has 0 saturated heterocycles. The highest BCUT2D eigenvalue weighted by Crippen LogP contribution is 2.36. The zero-order valence-electron chi connectivity index (χ0n) is 25.9. The molecule has 0 aliphatic heterocycles. The number of rotatable bonds is 12. The van der Waals surface area contributed by atoms with Gasteiger partial charge in [-0.1, -0.05) is 120 Å². The second-order valence-corrected chi connectivity index (χ2v) is 14.8. The van der Waals surface area contributed by atoms with Gasteiger partial charge in [0.05, 0.1) is 20.6 Å². The fourth-order valence-corrected chi connectivity index (χ4v) is 7.84. The maximum atomic E-state index is 14.7. The normalized spacial score (nSPS) is 14.0. The van der Waals surface area contributed by atoms with E-state index in [1.807, 2.05) is 37.3 Å². The summed E-state index contributed by atoms with van der Waals surface area (Å²) in [6, 6.07) is 26.5. The first-order valence-electron chi connectivity index (χ1n) is 15.4. The van der Waals surface area contributed by atoms with E-state index in [1.54, 1.807) is 48.5 Å². The van der Waals surface area contributed by atoms with Gasteiger partial charge in [0.25, 0.3) is 10.0 Å². The molecule has 1 aliphatic rings. The van der Waals surface area contributed by atoms with Crippen LogP contribution in [0.5, 0.6) is 0 Å². The number of amides is 2. The van der Waals surface area contributed by atoms with Crippen LogP contribution in [0, 0.1) is 6.92 Å². The summed E-state index contributed by atoms with van der Waals surface area (Å²) in [6.45, 7) is 1.17. The van der Waals surface area contributed by atoms with Gasteiger partial charge in [0, 0.05) is 24.0 Å². The maximum absolute atomic E-state index is 14.7. The third-order valence-electron chi connectivity index (χ3n) is 8.36. The van der Waals surface area contributed by atoms with Crippen LogP contribution in [0.1, 0.15) is 42.4 Å². The summed E-state index contributed by atoms with van der Waals surface area (Å²) in [5.74, 6) is -0.922. The molecule has 246 valence electrons. The van der Waals surface area contributed by atoms with Crippen LogP contribution in [0.2, 0.25) is 15.1 Å². The Bertz CT molecular complexity index is 1820. The van der Waals surface area contributed by atoms with E-state index < -0.39 is 28.5 Å². The molecule has 1 N–H and O–H groups in total. The molecule has 7 nitrogen and oxygen atoms in total. The largest absolute Gasteiger partial charge is 0.352 e. The molecule has 1 atom stereocenters. The zero-order valence-corrected chi connectivity index (χ0v) is 29.0. The van der Waals surface area contributed by atoms with Gasteiger partial charge in [-0.15, -0.1) is 0 Å². The molecule has 2 amide bonds. The first-order valence-corrected chi connectivity index (χ1v) is 18.0. The van der Waals surface area contributed by atoms with Crippen LogP contribution < -0.4 is 9.62 Å². The molecule has 5 rings (SSSR count). The van der Waals surface area contributed by atoms with Crippen LogP contribution in [0.4, 0.5) is 5.69 Å². The van der Waals surface area contributed by atoms with Crippen molar-refractivity contribution in [3.63, 3.8) is 0 Å². The molecular formula is C36H36Cl3N3O4S. The summed E-state index contributed by atoms with van der Waals surface area (Å²) in [6.07, 6.45) is 3.96. The van der Waals surface area contributed by atoms with Crippen molar-refractivity contribution in [2.24, 2.45) is 0 Å². The zero-order chi connectivity index (χ0) is 33.6. The number of nitrogens with zero attached hydrogens (tertiary/aromatic N) is 2. The highest BCUT2D eigenvalue weighted by atomic mass is 35.5. The predicted octanol–water partition coefficient (Wildman–Crippen LogP) is 7.85. The molecule has 0 aromatic heterocycles. The molecule has 1 fully saturated rings. The highest BCUT2D eigenvalue weighted by molar-refractivity contribution is 7.92. The van der Waals surface area contributed by atoms with Crippen LogP contribution in [0.25, 0.3) is 0 Å². The van der Waals surface area contributed by atoms with E-state index in [2.05, 4.69) is 5.32 Å². The number of halogens is 3. The molecule has 1 saturated carbocycles. The third kappa shape index (κ3) is 8.49. The summed E-state index contributed by atoms with van der Waals surface area (Å²) in [7, 11) is -4.33. The third-order valence-corrected chi connectivity index (χ3v) is 11.3. The lowest BCUT2D eigenvalue weighted by Crippen LogP contribution is -2.54. The Hall–Kier alpha value is -3.56. The number of sulfonamides is 1. The average Bonchev–Trinajstić information content (AvgIpc) is 3.57. The van der Waals surface area contributed by atoms with E-state index in [1.165, 1.54) is 23.1 Å². The monoisotopic (exact) mass is 711 g/mol. The topological polar surface area (TPSA) is 86.8 Å². The lowest BCUT2D eigenvalue weighted by Gasteiger charge is -2.34. The standard InChI is InChI=1S/C36H36Cl3N3O4S/c1-25-18-20-29(21-19-25)47(45,46)42(32-17-9-16-31(38)35(32)39)24-34(43)41(23-27-12-5-8-15-30(27)37)33(22-26-10-3-2-4-11-26)36(44)40-28-13-6-7-14-28/h2-5,8-12,15-21,28,33H,6-7,13-14,22-24H2,1H3,(H,40,44). The van der Waals surface area contributed by atoms with Crippen molar-refractivity contribution in [2.45, 2.75) is 62.6 Å². The van der Waals surface area contributed by atoms with Crippen LogP contribution in [-0.2, 0) is 32.6 Å². The number of benzene rings is 4. The molecule has 1 unspecified atom stereocenters. The maximum Gasteiger partial charge on any atom is 0.264 e. The van der Waals surface area contributed by atoms with Gasteiger partial charge in [0.15, 0.2) is 0 Å². The summed E-state index contributed by atoms with van der Waals surface area (Å²) in [5.41, 5.74) is 2.37. The van der Waals surface area contributed by atoms with Crippen molar-refractivity contribution in [3.8, 4) is 0 Å². The van der Waals surface area contributed by atoms with E-state index in [9.17, 15) is 18.0 Å². The summed E-state index contributed by atoms with van der Waals surface area (Å²) >= 11 is 19.5. The van der Waals surface area contributed by atoms with Gasteiger partial charge in [0.2, 0.25) is 11.8 Å². The van der Waals surface area contributed by atoms with Crippen molar-refractivity contribution in [2.75, 3.05) is 10.8 Å². The molecular weight excluding hydrogens is 677 g/mol. The van der Waals surface area contributed by atoms with Crippen LogP contribution in [0.3, 0.4) is 0 Å². The van der Waals surface area contributed by atoms with Gasteiger partial charge >= 0.3 is 0 Å². The molecule has 4 aromatic carbocycles. The second kappa shape index (κ2) is 15.6. The Balaban J connectivity index is 1.60. The van der Waals surface area contributed by atoms with E-state index in [0.717, 1.165) is 41.1 Å². The Morgan fingerprint density at radius 3 is 2.15 bits per heavy atom. The van der Waals surface area contributed by atoms with E-state index >= 15 is 0 Å². The smallest absolute Gasteiger partial charge is 0.264 e. The summed E-state index contributed by atoms with van der Waals surface area (Å²) in [5, 5.41) is 3.69. The van der Waals surface area contributed by atoms with Crippen LogP contribution >= 0.6 is 34.8 Å². The summed E-state index contributed by atoms with van der Waals surface area (Å²) in [4.78, 5) is 30.2. The molecule has 47 heavy (non-hydrogen) atoms. The van der Waals surface area contributed by atoms with Gasteiger partial charge in [0.1, 0.15) is 12.6 Å². The van der Waals surface area contributed by atoms with Crippen molar-refractivity contribution in [1.29, 1.82) is 0 Å². The fourth-order valence-electron chi connectivity index (χ4n) is 5.77. The minimum absolute atomic E-state index is 0.00159. The first-order chi connectivity index (χ1) is 22.5. The van der Waals surface area contributed by atoms with E-state index in [-0.39, 0.29) is 45.5 Å².